The van der Waals surface area contributed by atoms with Gasteiger partial charge in [-0.1, -0.05) is 42.5 Å². The first-order valence-corrected chi connectivity index (χ1v) is 8.62. The van der Waals surface area contributed by atoms with Crippen LogP contribution in [0.1, 0.15) is 23.1 Å². The molecule has 4 nitrogen and oxygen atoms in total. The molecule has 2 amide bonds. The first-order valence-electron chi connectivity index (χ1n) is 8.62. The van der Waals surface area contributed by atoms with Gasteiger partial charge in [-0.25, -0.2) is 0 Å². The first-order chi connectivity index (χ1) is 12.0. The SMILES string of the molecule is Cc1ccc(C)c(NC(=O)C2CC2C(=O)N(C)Cc2ccccc2)c1. The standard InChI is InChI=1S/C21H24N2O2/c1-14-9-10-15(2)19(11-14)22-20(24)17-12-18(17)21(25)23(3)13-16-7-5-4-6-8-16/h4-11,17-18H,12-13H2,1-3H3,(H,22,24). The smallest absolute Gasteiger partial charge is 0.228 e. The normalized spacial score (nSPS) is 18.5. The third kappa shape index (κ3) is 4.08. The van der Waals surface area contributed by atoms with Gasteiger partial charge < -0.3 is 10.2 Å². The minimum Gasteiger partial charge on any atom is -0.341 e. The highest BCUT2D eigenvalue weighted by molar-refractivity contribution is 5.99. The molecule has 4 heteroatoms. The van der Waals surface area contributed by atoms with Gasteiger partial charge in [0.25, 0.3) is 0 Å². The summed E-state index contributed by atoms with van der Waals surface area (Å²) in [6.45, 7) is 4.54. The van der Waals surface area contributed by atoms with Crippen LogP contribution in [-0.4, -0.2) is 23.8 Å². The molecule has 2 aromatic rings. The predicted molar refractivity (Wildman–Crippen MR) is 99.1 cm³/mol. The van der Waals surface area contributed by atoms with E-state index in [2.05, 4.69) is 5.32 Å². The van der Waals surface area contributed by atoms with Crippen LogP contribution >= 0.6 is 0 Å². The number of anilines is 1. The van der Waals surface area contributed by atoms with Crippen molar-refractivity contribution in [1.82, 2.24) is 4.90 Å². The van der Waals surface area contributed by atoms with Crippen molar-refractivity contribution in [1.29, 1.82) is 0 Å². The van der Waals surface area contributed by atoms with Crippen molar-refractivity contribution in [2.24, 2.45) is 11.8 Å². The van der Waals surface area contributed by atoms with E-state index < -0.39 is 0 Å². The van der Waals surface area contributed by atoms with Crippen LogP contribution < -0.4 is 5.32 Å². The maximum absolute atomic E-state index is 12.5. The van der Waals surface area contributed by atoms with Gasteiger partial charge in [0, 0.05) is 19.3 Å². The van der Waals surface area contributed by atoms with Crippen molar-refractivity contribution in [3.05, 3.63) is 65.2 Å². The van der Waals surface area contributed by atoms with E-state index in [0.717, 1.165) is 22.4 Å². The van der Waals surface area contributed by atoms with E-state index >= 15 is 0 Å². The number of aryl methyl sites for hydroxylation is 2. The summed E-state index contributed by atoms with van der Waals surface area (Å²) < 4.78 is 0. The van der Waals surface area contributed by atoms with Crippen molar-refractivity contribution in [3.63, 3.8) is 0 Å². The maximum atomic E-state index is 12.5. The van der Waals surface area contributed by atoms with Gasteiger partial charge in [0.2, 0.25) is 11.8 Å². The Balaban J connectivity index is 1.57. The molecule has 0 bridgehead atoms. The van der Waals surface area contributed by atoms with Crippen LogP contribution in [-0.2, 0) is 16.1 Å². The average Bonchev–Trinajstić information content (AvgIpc) is 3.39. The largest absolute Gasteiger partial charge is 0.341 e. The van der Waals surface area contributed by atoms with Crippen LogP contribution in [0, 0.1) is 25.7 Å². The third-order valence-corrected chi connectivity index (χ3v) is 4.73. The van der Waals surface area contributed by atoms with Crippen molar-refractivity contribution in [3.8, 4) is 0 Å². The van der Waals surface area contributed by atoms with Crippen molar-refractivity contribution in [2.45, 2.75) is 26.8 Å². The fraction of sp³-hybridized carbons (Fsp3) is 0.333. The summed E-state index contributed by atoms with van der Waals surface area (Å²) in [4.78, 5) is 26.7. The monoisotopic (exact) mass is 336 g/mol. The lowest BCUT2D eigenvalue weighted by Crippen LogP contribution is -2.29. The van der Waals surface area contributed by atoms with Crippen LogP contribution in [0.25, 0.3) is 0 Å². The fourth-order valence-electron chi connectivity index (χ4n) is 3.07. The molecule has 1 N–H and O–H groups in total. The highest BCUT2D eigenvalue weighted by Gasteiger charge is 2.49. The lowest BCUT2D eigenvalue weighted by Gasteiger charge is -2.17. The lowest BCUT2D eigenvalue weighted by atomic mass is 10.1. The second-order valence-electron chi connectivity index (χ2n) is 6.94. The van der Waals surface area contributed by atoms with Gasteiger partial charge in [-0.15, -0.1) is 0 Å². The summed E-state index contributed by atoms with van der Waals surface area (Å²) in [5.74, 6) is -0.422. The maximum Gasteiger partial charge on any atom is 0.228 e. The van der Waals surface area contributed by atoms with E-state index in [0.29, 0.717) is 13.0 Å². The van der Waals surface area contributed by atoms with E-state index in [1.165, 1.54) is 0 Å². The van der Waals surface area contributed by atoms with E-state index in [1.54, 1.807) is 11.9 Å². The molecule has 1 aliphatic carbocycles. The number of benzene rings is 2. The number of nitrogens with one attached hydrogen (secondary N) is 1. The third-order valence-electron chi connectivity index (χ3n) is 4.73. The number of hydrogen-bond acceptors (Lipinski definition) is 2. The Bertz CT molecular complexity index is 786. The molecular formula is C21H24N2O2. The number of nitrogens with zero attached hydrogens (tertiary/aromatic N) is 1. The zero-order valence-electron chi connectivity index (χ0n) is 15.0. The molecule has 0 heterocycles. The predicted octanol–water partition coefficient (Wildman–Crippen LogP) is 3.54. The second kappa shape index (κ2) is 7.09. The number of carbonyl (C=O) groups excluding carboxylic acids is 2. The molecule has 2 unspecified atom stereocenters. The van der Waals surface area contributed by atoms with Crippen LogP contribution in [0.3, 0.4) is 0 Å². The summed E-state index contributed by atoms with van der Waals surface area (Å²) in [5.41, 5.74) is 4.06. The van der Waals surface area contributed by atoms with E-state index in [-0.39, 0.29) is 23.7 Å². The Kier molecular flexibility index (Phi) is 4.88. The summed E-state index contributed by atoms with van der Waals surface area (Å²) >= 11 is 0. The van der Waals surface area contributed by atoms with Crippen molar-refractivity contribution >= 4 is 17.5 Å². The highest BCUT2D eigenvalue weighted by atomic mass is 16.2. The topological polar surface area (TPSA) is 49.4 Å². The second-order valence-corrected chi connectivity index (χ2v) is 6.94. The molecule has 2 aromatic carbocycles. The van der Waals surface area contributed by atoms with Gasteiger partial charge in [0.15, 0.2) is 0 Å². The molecule has 0 aliphatic heterocycles. The Hall–Kier alpha value is -2.62. The summed E-state index contributed by atoms with van der Waals surface area (Å²) in [7, 11) is 1.80. The zero-order valence-corrected chi connectivity index (χ0v) is 15.0. The minimum absolute atomic E-state index is 0.0463. The molecule has 0 radical (unpaired) electrons. The Morgan fingerprint density at radius 1 is 1.08 bits per heavy atom. The van der Waals surface area contributed by atoms with Gasteiger partial charge in [-0.05, 0) is 43.0 Å². The van der Waals surface area contributed by atoms with Crippen LogP contribution in [0.2, 0.25) is 0 Å². The molecule has 1 fully saturated rings. The Labute approximate surface area is 148 Å². The number of carbonyl (C=O) groups is 2. The first kappa shape index (κ1) is 17.2. The van der Waals surface area contributed by atoms with Gasteiger partial charge in [-0.2, -0.15) is 0 Å². The van der Waals surface area contributed by atoms with Gasteiger partial charge >= 0.3 is 0 Å². The molecular weight excluding hydrogens is 312 g/mol. The Morgan fingerprint density at radius 2 is 1.80 bits per heavy atom. The summed E-state index contributed by atoms with van der Waals surface area (Å²) in [6.07, 6.45) is 0.634. The van der Waals surface area contributed by atoms with Crippen LogP contribution in [0.5, 0.6) is 0 Å². The van der Waals surface area contributed by atoms with Gasteiger partial charge in [0.1, 0.15) is 0 Å². The minimum atomic E-state index is -0.217. The molecule has 0 aromatic heterocycles. The molecule has 130 valence electrons. The number of hydrogen-bond donors (Lipinski definition) is 1. The zero-order chi connectivity index (χ0) is 18.0. The van der Waals surface area contributed by atoms with E-state index in [1.807, 2.05) is 62.4 Å². The van der Waals surface area contributed by atoms with Crippen molar-refractivity contribution < 1.29 is 9.59 Å². The van der Waals surface area contributed by atoms with Crippen LogP contribution in [0.15, 0.2) is 48.5 Å². The average molecular weight is 336 g/mol. The molecule has 0 spiro atoms. The lowest BCUT2D eigenvalue weighted by molar-refractivity contribution is -0.133. The Morgan fingerprint density at radius 3 is 2.52 bits per heavy atom. The van der Waals surface area contributed by atoms with Gasteiger partial charge in [-0.3, -0.25) is 9.59 Å². The van der Waals surface area contributed by atoms with Crippen LogP contribution in [0.4, 0.5) is 5.69 Å². The van der Waals surface area contributed by atoms with E-state index in [4.69, 9.17) is 0 Å². The molecule has 3 rings (SSSR count). The molecule has 1 saturated carbocycles. The molecule has 1 aliphatic rings. The fourth-order valence-corrected chi connectivity index (χ4v) is 3.07. The molecule has 0 saturated heterocycles. The summed E-state index contributed by atoms with van der Waals surface area (Å²) in [5, 5.41) is 2.98. The number of amides is 2. The highest BCUT2D eigenvalue weighted by Crippen LogP contribution is 2.41. The quantitative estimate of drug-likeness (QED) is 0.908. The van der Waals surface area contributed by atoms with E-state index in [9.17, 15) is 9.59 Å². The molecule has 2 atom stereocenters. The van der Waals surface area contributed by atoms with Crippen molar-refractivity contribution in [2.75, 3.05) is 12.4 Å². The number of rotatable bonds is 5. The van der Waals surface area contributed by atoms with Gasteiger partial charge in [0.05, 0.1) is 11.8 Å². The molecule has 25 heavy (non-hydrogen) atoms. The summed E-state index contributed by atoms with van der Waals surface area (Å²) in [6, 6.07) is 15.9.